The van der Waals surface area contributed by atoms with Gasteiger partial charge in [0.1, 0.15) is 0 Å². The van der Waals surface area contributed by atoms with Crippen LogP contribution in [0.2, 0.25) is 5.02 Å². The average molecular weight is 408 g/mol. The van der Waals surface area contributed by atoms with Crippen LogP contribution in [0.5, 0.6) is 0 Å². The Morgan fingerprint density at radius 1 is 1.18 bits per heavy atom. The summed E-state index contributed by atoms with van der Waals surface area (Å²) in [6.07, 6.45) is 7.53. The number of carbonyl (C=O) groups is 3. The minimum absolute atomic E-state index is 0.148. The largest absolute Gasteiger partial charge is 0.456 e. The van der Waals surface area contributed by atoms with Crippen LogP contribution in [0.25, 0.3) is 0 Å². The summed E-state index contributed by atoms with van der Waals surface area (Å²) in [5, 5.41) is 5.77. The number of amides is 3. The Morgan fingerprint density at radius 3 is 2.57 bits per heavy atom. The van der Waals surface area contributed by atoms with Crippen LogP contribution in [0.4, 0.5) is 4.79 Å². The van der Waals surface area contributed by atoms with Gasteiger partial charge in [0.2, 0.25) is 0 Å². The Hall–Kier alpha value is -2.54. The van der Waals surface area contributed by atoms with E-state index in [-0.39, 0.29) is 18.9 Å². The third-order valence-electron chi connectivity index (χ3n) is 4.48. The molecule has 8 heteroatoms. The van der Waals surface area contributed by atoms with E-state index in [2.05, 4.69) is 16.7 Å². The van der Waals surface area contributed by atoms with Gasteiger partial charge >= 0.3 is 12.0 Å². The molecule has 4 N–H and O–H groups in total. The maximum Gasteiger partial charge on any atom is 0.312 e. The van der Waals surface area contributed by atoms with Gasteiger partial charge < -0.3 is 21.1 Å². The summed E-state index contributed by atoms with van der Waals surface area (Å²) < 4.78 is 5.02. The summed E-state index contributed by atoms with van der Waals surface area (Å²) in [6, 6.07) is 5.23. The van der Waals surface area contributed by atoms with Gasteiger partial charge in [0, 0.05) is 11.6 Å². The van der Waals surface area contributed by atoms with E-state index in [0.717, 1.165) is 19.3 Å². The molecule has 2 rings (SSSR count). The van der Waals surface area contributed by atoms with Gasteiger partial charge in [-0.1, -0.05) is 35.4 Å². The summed E-state index contributed by atoms with van der Waals surface area (Å²) in [7, 11) is 0. The molecule has 0 saturated heterocycles. The lowest BCUT2D eigenvalue weighted by Gasteiger charge is -2.17. The lowest BCUT2D eigenvalue weighted by atomic mass is 9.97. The van der Waals surface area contributed by atoms with Crippen molar-refractivity contribution in [3.8, 4) is 0 Å². The molecule has 0 aliphatic heterocycles. The molecular formula is C20H26ClN3O4. The highest BCUT2D eigenvalue weighted by molar-refractivity contribution is 6.30. The normalized spacial score (nSPS) is 14.5. The molecule has 0 heterocycles. The van der Waals surface area contributed by atoms with Crippen LogP contribution >= 0.6 is 11.6 Å². The smallest absolute Gasteiger partial charge is 0.312 e. The van der Waals surface area contributed by atoms with E-state index < -0.39 is 18.0 Å². The number of ether oxygens (including phenoxy) is 1. The second-order valence-electron chi connectivity index (χ2n) is 6.69. The number of benzene rings is 1. The molecule has 152 valence electrons. The number of urea groups is 1. The molecule has 1 aromatic carbocycles. The Labute approximate surface area is 169 Å². The molecule has 0 spiro atoms. The zero-order valence-corrected chi connectivity index (χ0v) is 16.5. The number of halogens is 1. The van der Waals surface area contributed by atoms with Crippen LogP contribution in [-0.2, 0) is 14.3 Å². The van der Waals surface area contributed by atoms with E-state index in [1.165, 1.54) is 18.4 Å². The Bertz CT molecular complexity index is 719. The standard InChI is InChI=1S/C20H26ClN3O4/c21-16-8-6-15(7-9-16)17(24-20(22)27)12-19(26)28-13-18(25)23-11-10-14-4-2-1-3-5-14/h4,6-9,17H,1-3,5,10-13H2,(H,23,25)(H3,22,24,27)/t17-/m0/s1. The fourth-order valence-corrected chi connectivity index (χ4v) is 3.16. The lowest BCUT2D eigenvalue weighted by molar-refractivity contribution is -0.149. The molecule has 28 heavy (non-hydrogen) atoms. The molecule has 0 radical (unpaired) electrons. The van der Waals surface area contributed by atoms with Gasteiger partial charge in [-0.05, 0) is 49.8 Å². The Kier molecular flexibility index (Phi) is 8.81. The van der Waals surface area contributed by atoms with Crippen molar-refractivity contribution < 1.29 is 19.1 Å². The van der Waals surface area contributed by atoms with E-state index in [9.17, 15) is 14.4 Å². The van der Waals surface area contributed by atoms with E-state index in [4.69, 9.17) is 22.1 Å². The molecule has 0 bridgehead atoms. The number of carbonyl (C=O) groups excluding carboxylic acids is 3. The summed E-state index contributed by atoms with van der Waals surface area (Å²) >= 11 is 5.85. The van der Waals surface area contributed by atoms with Crippen molar-refractivity contribution >= 4 is 29.5 Å². The zero-order chi connectivity index (χ0) is 20.4. The van der Waals surface area contributed by atoms with Crippen molar-refractivity contribution in [3.63, 3.8) is 0 Å². The maximum absolute atomic E-state index is 12.1. The van der Waals surface area contributed by atoms with Crippen LogP contribution in [0.1, 0.15) is 50.1 Å². The van der Waals surface area contributed by atoms with Crippen LogP contribution < -0.4 is 16.4 Å². The fraction of sp³-hybridized carbons (Fsp3) is 0.450. The van der Waals surface area contributed by atoms with Crippen LogP contribution in [0.15, 0.2) is 35.9 Å². The van der Waals surface area contributed by atoms with Gasteiger partial charge in [-0.25, -0.2) is 4.79 Å². The van der Waals surface area contributed by atoms with Gasteiger partial charge in [0.15, 0.2) is 6.61 Å². The number of hydrogen-bond acceptors (Lipinski definition) is 4. The fourth-order valence-electron chi connectivity index (χ4n) is 3.04. The van der Waals surface area contributed by atoms with E-state index in [0.29, 0.717) is 17.1 Å². The molecule has 1 aliphatic rings. The second-order valence-corrected chi connectivity index (χ2v) is 7.12. The number of nitrogens with one attached hydrogen (secondary N) is 2. The molecule has 0 aromatic heterocycles. The number of nitrogens with two attached hydrogens (primary N) is 1. The molecule has 1 aromatic rings. The van der Waals surface area contributed by atoms with Gasteiger partial charge in [-0.15, -0.1) is 0 Å². The van der Waals surface area contributed by atoms with Crippen molar-refractivity contribution in [2.24, 2.45) is 5.73 Å². The van der Waals surface area contributed by atoms with Crippen LogP contribution in [0.3, 0.4) is 0 Å². The molecular weight excluding hydrogens is 382 g/mol. The van der Waals surface area contributed by atoms with Crippen molar-refractivity contribution in [3.05, 3.63) is 46.5 Å². The zero-order valence-electron chi connectivity index (χ0n) is 15.7. The molecule has 1 aliphatic carbocycles. The number of rotatable bonds is 9. The summed E-state index contributed by atoms with van der Waals surface area (Å²) in [6.45, 7) is 0.167. The molecule has 7 nitrogen and oxygen atoms in total. The summed E-state index contributed by atoms with van der Waals surface area (Å²) in [4.78, 5) is 35.1. The first kappa shape index (κ1) is 21.8. The third kappa shape index (κ3) is 8.00. The minimum atomic E-state index is -0.762. The predicted octanol–water partition coefficient (Wildman–Crippen LogP) is 2.99. The highest BCUT2D eigenvalue weighted by Crippen LogP contribution is 2.20. The summed E-state index contributed by atoms with van der Waals surface area (Å²) in [5.74, 6) is -0.963. The first-order valence-corrected chi connectivity index (χ1v) is 9.73. The quantitative estimate of drug-likeness (QED) is 0.431. The highest BCUT2D eigenvalue weighted by Gasteiger charge is 2.19. The number of allylic oxidation sites excluding steroid dienone is 1. The van der Waals surface area contributed by atoms with E-state index in [1.807, 2.05) is 0 Å². The van der Waals surface area contributed by atoms with Crippen molar-refractivity contribution in [1.82, 2.24) is 10.6 Å². The number of hydrogen-bond donors (Lipinski definition) is 3. The van der Waals surface area contributed by atoms with Crippen LogP contribution in [0, 0.1) is 0 Å². The van der Waals surface area contributed by atoms with Crippen molar-refractivity contribution in [2.45, 2.75) is 44.6 Å². The number of esters is 1. The lowest BCUT2D eigenvalue weighted by Crippen LogP contribution is -2.35. The van der Waals surface area contributed by atoms with Gasteiger partial charge in [0.05, 0.1) is 12.5 Å². The monoisotopic (exact) mass is 407 g/mol. The SMILES string of the molecule is NC(=O)N[C@@H](CC(=O)OCC(=O)NCCC1=CCCCC1)c1ccc(Cl)cc1. The van der Waals surface area contributed by atoms with Gasteiger partial charge in [-0.2, -0.15) is 0 Å². The average Bonchev–Trinajstić information content (AvgIpc) is 2.67. The molecule has 0 saturated carbocycles. The predicted molar refractivity (Wildman–Crippen MR) is 107 cm³/mol. The summed E-state index contributed by atoms with van der Waals surface area (Å²) in [5.41, 5.74) is 7.20. The molecule has 3 amide bonds. The first-order chi connectivity index (χ1) is 13.4. The number of primary amides is 1. The van der Waals surface area contributed by atoms with E-state index in [1.54, 1.807) is 24.3 Å². The van der Waals surface area contributed by atoms with Crippen molar-refractivity contribution in [2.75, 3.05) is 13.2 Å². The van der Waals surface area contributed by atoms with Crippen LogP contribution in [-0.4, -0.2) is 31.1 Å². The van der Waals surface area contributed by atoms with Gasteiger partial charge in [-0.3, -0.25) is 9.59 Å². The minimum Gasteiger partial charge on any atom is -0.456 e. The van der Waals surface area contributed by atoms with Crippen molar-refractivity contribution in [1.29, 1.82) is 0 Å². The Morgan fingerprint density at radius 2 is 1.93 bits per heavy atom. The van der Waals surface area contributed by atoms with Gasteiger partial charge in [0.25, 0.3) is 5.91 Å². The topological polar surface area (TPSA) is 111 Å². The second kappa shape index (κ2) is 11.3. The van der Waals surface area contributed by atoms with E-state index >= 15 is 0 Å². The highest BCUT2D eigenvalue weighted by atomic mass is 35.5. The maximum atomic E-state index is 12.1. The third-order valence-corrected chi connectivity index (χ3v) is 4.73. The first-order valence-electron chi connectivity index (χ1n) is 9.35. The Balaban J connectivity index is 1.75. The molecule has 0 unspecified atom stereocenters. The molecule has 0 fully saturated rings. The molecule has 1 atom stereocenters.